The first-order valence-corrected chi connectivity index (χ1v) is 8.55. The highest BCUT2D eigenvalue weighted by Crippen LogP contribution is 2.28. The van der Waals surface area contributed by atoms with Gasteiger partial charge in [0.2, 0.25) is 0 Å². The number of aryl methyl sites for hydroxylation is 1. The van der Waals surface area contributed by atoms with Crippen LogP contribution in [-0.4, -0.2) is 30.6 Å². The smallest absolute Gasteiger partial charge is 0.338 e. The molecule has 28 heavy (non-hydrogen) atoms. The number of carbonyl (C=O) groups is 2. The van der Waals surface area contributed by atoms with E-state index in [0.29, 0.717) is 17.7 Å². The SMILES string of the molecule is CCOC(=O)c1ccc2nc(C)cc(Nc3cccc(C(=O)OC)c3)c2c1.Cl. The fourth-order valence-corrected chi connectivity index (χ4v) is 2.80. The first kappa shape index (κ1) is 21.2. The fourth-order valence-electron chi connectivity index (χ4n) is 2.80. The van der Waals surface area contributed by atoms with Gasteiger partial charge in [0.05, 0.1) is 30.4 Å². The van der Waals surface area contributed by atoms with Crippen LogP contribution in [0.2, 0.25) is 0 Å². The molecule has 0 fully saturated rings. The molecule has 0 radical (unpaired) electrons. The molecule has 0 saturated carbocycles. The summed E-state index contributed by atoms with van der Waals surface area (Å²) in [6.45, 7) is 3.98. The van der Waals surface area contributed by atoms with Gasteiger partial charge in [-0.3, -0.25) is 4.98 Å². The van der Waals surface area contributed by atoms with E-state index in [-0.39, 0.29) is 18.4 Å². The normalized spacial score (nSPS) is 10.1. The Morgan fingerprint density at radius 3 is 2.50 bits per heavy atom. The molecule has 7 heteroatoms. The number of pyridine rings is 1. The zero-order valence-corrected chi connectivity index (χ0v) is 16.6. The molecule has 1 aromatic heterocycles. The van der Waals surface area contributed by atoms with Gasteiger partial charge in [-0.2, -0.15) is 0 Å². The lowest BCUT2D eigenvalue weighted by Crippen LogP contribution is -2.05. The molecule has 0 unspecified atom stereocenters. The average Bonchev–Trinajstić information content (AvgIpc) is 2.67. The van der Waals surface area contributed by atoms with Crippen LogP contribution >= 0.6 is 12.4 Å². The molecule has 0 aliphatic heterocycles. The number of hydrogen-bond acceptors (Lipinski definition) is 6. The number of halogens is 1. The maximum Gasteiger partial charge on any atom is 0.338 e. The second kappa shape index (κ2) is 9.19. The Kier molecular flexibility index (Phi) is 6.95. The summed E-state index contributed by atoms with van der Waals surface area (Å²) in [4.78, 5) is 28.3. The van der Waals surface area contributed by atoms with Crippen molar-refractivity contribution in [2.45, 2.75) is 13.8 Å². The first-order chi connectivity index (χ1) is 13.0. The Hall–Kier alpha value is -3.12. The molecule has 1 heterocycles. The second-order valence-corrected chi connectivity index (χ2v) is 5.96. The van der Waals surface area contributed by atoms with Crippen LogP contribution in [-0.2, 0) is 9.47 Å². The van der Waals surface area contributed by atoms with E-state index in [1.165, 1.54) is 7.11 Å². The molecule has 6 nitrogen and oxygen atoms in total. The van der Waals surface area contributed by atoms with Gasteiger partial charge in [-0.05, 0) is 56.3 Å². The van der Waals surface area contributed by atoms with Crippen molar-refractivity contribution in [1.82, 2.24) is 4.98 Å². The number of nitrogens with zero attached hydrogens (tertiary/aromatic N) is 1. The third-order valence-corrected chi connectivity index (χ3v) is 4.01. The van der Waals surface area contributed by atoms with Crippen molar-refractivity contribution in [3.05, 3.63) is 65.4 Å². The maximum absolute atomic E-state index is 12.1. The van der Waals surface area contributed by atoms with Crippen LogP contribution in [0.15, 0.2) is 48.5 Å². The molecule has 0 aliphatic carbocycles. The summed E-state index contributed by atoms with van der Waals surface area (Å²) in [7, 11) is 1.35. The van der Waals surface area contributed by atoms with E-state index in [9.17, 15) is 9.59 Å². The van der Waals surface area contributed by atoms with Gasteiger partial charge in [-0.15, -0.1) is 12.4 Å². The summed E-state index contributed by atoms with van der Waals surface area (Å²) < 4.78 is 9.85. The zero-order valence-electron chi connectivity index (χ0n) is 15.8. The first-order valence-electron chi connectivity index (χ1n) is 8.55. The molecule has 0 amide bonds. The monoisotopic (exact) mass is 400 g/mol. The van der Waals surface area contributed by atoms with Crippen LogP contribution in [0.25, 0.3) is 10.9 Å². The molecule has 3 aromatic rings. The Balaban J connectivity index is 0.00000280. The van der Waals surface area contributed by atoms with Gasteiger partial charge in [0, 0.05) is 22.5 Å². The van der Waals surface area contributed by atoms with Gasteiger partial charge >= 0.3 is 11.9 Å². The number of benzene rings is 2. The fraction of sp³-hybridized carbons (Fsp3) is 0.190. The maximum atomic E-state index is 12.1. The molecule has 146 valence electrons. The minimum Gasteiger partial charge on any atom is -0.465 e. The standard InChI is InChI=1S/C21H20N2O4.ClH/c1-4-27-21(25)15-8-9-18-17(12-15)19(10-13(2)22-18)23-16-7-5-6-14(11-16)20(24)26-3;/h5-12H,4H2,1-3H3,(H,22,23);1H. The molecule has 3 rings (SSSR count). The summed E-state index contributed by atoms with van der Waals surface area (Å²) in [6.07, 6.45) is 0. The number of hydrogen-bond donors (Lipinski definition) is 1. The van der Waals surface area contributed by atoms with E-state index >= 15 is 0 Å². The van der Waals surface area contributed by atoms with Gasteiger partial charge < -0.3 is 14.8 Å². The van der Waals surface area contributed by atoms with Gasteiger partial charge in [-0.1, -0.05) is 6.07 Å². The van der Waals surface area contributed by atoms with E-state index in [1.54, 1.807) is 43.3 Å². The third kappa shape index (κ3) is 4.58. The lowest BCUT2D eigenvalue weighted by atomic mass is 10.1. The number of rotatable bonds is 5. The number of nitrogens with one attached hydrogen (secondary N) is 1. The molecule has 1 N–H and O–H groups in total. The molecule has 0 atom stereocenters. The van der Waals surface area contributed by atoms with E-state index in [1.807, 2.05) is 19.1 Å². The van der Waals surface area contributed by atoms with Gasteiger partial charge in [0.25, 0.3) is 0 Å². The van der Waals surface area contributed by atoms with E-state index in [0.717, 1.165) is 28.0 Å². The highest BCUT2D eigenvalue weighted by Gasteiger charge is 2.12. The third-order valence-electron chi connectivity index (χ3n) is 4.01. The van der Waals surface area contributed by atoms with Gasteiger partial charge in [0.15, 0.2) is 0 Å². The summed E-state index contributed by atoms with van der Waals surface area (Å²) >= 11 is 0. The minimum absolute atomic E-state index is 0. The van der Waals surface area contributed by atoms with Crippen LogP contribution < -0.4 is 5.32 Å². The zero-order chi connectivity index (χ0) is 19.4. The molecule has 0 aliphatic rings. The Morgan fingerprint density at radius 1 is 1.04 bits per heavy atom. The van der Waals surface area contributed by atoms with Crippen molar-refractivity contribution in [3.8, 4) is 0 Å². The lowest BCUT2D eigenvalue weighted by molar-refractivity contribution is 0.0525. The van der Waals surface area contributed by atoms with Crippen molar-refractivity contribution < 1.29 is 19.1 Å². The molecule has 0 saturated heterocycles. The summed E-state index contributed by atoms with van der Waals surface area (Å²) in [5.41, 5.74) is 4.01. The molecule has 0 bridgehead atoms. The lowest BCUT2D eigenvalue weighted by Gasteiger charge is -2.12. The Bertz CT molecular complexity index is 1020. The Labute approximate surface area is 169 Å². The Morgan fingerprint density at radius 2 is 1.79 bits per heavy atom. The van der Waals surface area contributed by atoms with Crippen LogP contribution in [0.3, 0.4) is 0 Å². The molecule has 2 aromatic carbocycles. The van der Waals surface area contributed by atoms with Crippen molar-refractivity contribution >= 4 is 46.6 Å². The highest BCUT2D eigenvalue weighted by molar-refractivity contribution is 6.00. The van der Waals surface area contributed by atoms with E-state index < -0.39 is 5.97 Å². The van der Waals surface area contributed by atoms with Crippen molar-refractivity contribution in [2.24, 2.45) is 0 Å². The molecular formula is C21H21ClN2O4. The number of methoxy groups -OCH3 is 1. The number of esters is 2. The topological polar surface area (TPSA) is 77.5 Å². The number of anilines is 2. The molecule has 0 spiro atoms. The van der Waals surface area contributed by atoms with E-state index in [4.69, 9.17) is 9.47 Å². The summed E-state index contributed by atoms with van der Waals surface area (Å²) in [5, 5.41) is 4.09. The predicted molar refractivity (Wildman–Crippen MR) is 111 cm³/mol. The van der Waals surface area contributed by atoms with Gasteiger partial charge in [-0.25, -0.2) is 9.59 Å². The van der Waals surface area contributed by atoms with E-state index in [2.05, 4.69) is 10.3 Å². The van der Waals surface area contributed by atoms with Crippen LogP contribution in [0.1, 0.15) is 33.3 Å². The summed E-state index contributed by atoms with van der Waals surface area (Å²) in [5.74, 6) is -0.780. The largest absolute Gasteiger partial charge is 0.465 e. The highest BCUT2D eigenvalue weighted by atomic mass is 35.5. The van der Waals surface area contributed by atoms with Crippen LogP contribution in [0, 0.1) is 6.92 Å². The number of ether oxygens (including phenoxy) is 2. The number of carbonyl (C=O) groups excluding carboxylic acids is 2. The number of aromatic nitrogens is 1. The average molecular weight is 401 g/mol. The number of fused-ring (bicyclic) bond motifs is 1. The van der Waals surface area contributed by atoms with Crippen molar-refractivity contribution in [2.75, 3.05) is 19.0 Å². The predicted octanol–water partition coefficient (Wildman–Crippen LogP) is 4.67. The van der Waals surface area contributed by atoms with Crippen LogP contribution in [0.5, 0.6) is 0 Å². The minimum atomic E-state index is -0.404. The van der Waals surface area contributed by atoms with Crippen LogP contribution in [0.4, 0.5) is 11.4 Å². The quantitative estimate of drug-likeness (QED) is 0.627. The van der Waals surface area contributed by atoms with Gasteiger partial charge in [0.1, 0.15) is 0 Å². The van der Waals surface area contributed by atoms with Crippen molar-refractivity contribution in [1.29, 1.82) is 0 Å². The second-order valence-electron chi connectivity index (χ2n) is 5.96. The van der Waals surface area contributed by atoms with Crippen molar-refractivity contribution in [3.63, 3.8) is 0 Å². The summed E-state index contributed by atoms with van der Waals surface area (Å²) in [6, 6.07) is 14.2. The molecular weight excluding hydrogens is 380 g/mol.